The molecule has 35 heteroatoms. The van der Waals surface area contributed by atoms with E-state index in [0.29, 0.717) is 78.1 Å². The van der Waals surface area contributed by atoms with Crippen LogP contribution in [0.3, 0.4) is 0 Å². The summed E-state index contributed by atoms with van der Waals surface area (Å²) in [5.74, 6) is -12.5. The molecule has 0 aliphatic rings. The SMILES string of the molecule is C[C@H](NC(=O)[C@H](C)NC(=O)[C@H](C)NC(=O)[C@H](Cc1c[nH]c2ccccc12)NC(=O)[C@H](C)NC(=O)[C@H](C)NC(=O)[C@H](C)NC(=O)[C@H](Cc1c[nH]c2ccccc12)NC(=O)[C@H](C)NC(=O)[C@H](C)NC(=O)[C@H](C)NC(=O)[C@H](C)NC(=O)[C@@H](N)CCCCN)C(=O)N[C@@H](C)C(=O)N[C@@H](CCCCN)C(=O)O. The molecular weight excluding hydrogens is 1330 g/mol. The quantitative estimate of drug-likeness (QED) is 0.0189. The zero-order valence-corrected chi connectivity index (χ0v) is 59.3. The van der Waals surface area contributed by atoms with Crippen LogP contribution in [0.25, 0.3) is 21.8 Å². The fourth-order valence-corrected chi connectivity index (χ4v) is 10.1. The summed E-state index contributed by atoms with van der Waals surface area (Å²) in [6, 6.07) is -4.48. The van der Waals surface area contributed by atoms with Gasteiger partial charge in [-0.1, -0.05) is 42.8 Å². The lowest BCUT2D eigenvalue weighted by molar-refractivity contribution is -0.142. The Kier molecular flexibility index (Phi) is 33.4. The monoisotopic (exact) mass is 1430 g/mol. The summed E-state index contributed by atoms with van der Waals surface area (Å²) >= 11 is 0. The first-order chi connectivity index (χ1) is 48.1. The zero-order valence-electron chi connectivity index (χ0n) is 59.3. The van der Waals surface area contributed by atoms with Gasteiger partial charge in [0.25, 0.3) is 0 Å². The Hall–Kier alpha value is -10.5. The minimum absolute atomic E-state index is 0.116. The number of aromatic nitrogens is 2. The molecule has 560 valence electrons. The Labute approximate surface area is 590 Å². The van der Waals surface area contributed by atoms with E-state index < -0.39 is 179 Å². The third-order valence-corrected chi connectivity index (χ3v) is 16.6. The first-order valence-electron chi connectivity index (χ1n) is 33.8. The number of carbonyl (C=O) groups is 15. The minimum atomic E-state index is -1.39. The van der Waals surface area contributed by atoms with Gasteiger partial charge in [-0.3, -0.25) is 67.1 Å². The molecule has 0 aliphatic heterocycles. The predicted octanol–water partition coefficient (Wildman–Crippen LogP) is -3.89. The lowest BCUT2D eigenvalue weighted by Crippen LogP contribution is -2.59. The first kappa shape index (κ1) is 83.9. The van der Waals surface area contributed by atoms with Gasteiger partial charge in [0.15, 0.2) is 0 Å². The molecule has 2 aromatic heterocycles. The highest BCUT2D eigenvalue weighted by Gasteiger charge is 2.34. The molecule has 35 nitrogen and oxygen atoms in total. The maximum absolute atomic E-state index is 14.2. The Morgan fingerprint density at radius 2 is 0.559 bits per heavy atom. The van der Waals surface area contributed by atoms with Crippen molar-refractivity contribution in [3.63, 3.8) is 0 Å². The Balaban J connectivity index is 1.35. The molecule has 23 N–H and O–H groups in total. The van der Waals surface area contributed by atoms with Crippen molar-refractivity contribution in [1.29, 1.82) is 0 Å². The van der Waals surface area contributed by atoms with E-state index in [1.807, 2.05) is 0 Å². The number of nitrogens with two attached hydrogens (primary N) is 3. The number of hydrogen-bond acceptors (Lipinski definition) is 18. The number of carboxylic acids is 1. The van der Waals surface area contributed by atoms with Gasteiger partial charge in [-0.15, -0.1) is 0 Å². The summed E-state index contributed by atoms with van der Waals surface area (Å²) in [6.45, 7) is 15.4. The van der Waals surface area contributed by atoms with Crippen LogP contribution in [0.5, 0.6) is 0 Å². The second-order valence-corrected chi connectivity index (χ2v) is 25.4. The number of fused-ring (bicyclic) bond motifs is 2. The lowest BCUT2D eigenvalue weighted by Gasteiger charge is -2.25. The molecule has 14 amide bonds. The topological polar surface area (TPSA) is 554 Å². The third-order valence-electron chi connectivity index (χ3n) is 16.6. The molecule has 4 aromatic rings. The van der Waals surface area contributed by atoms with Crippen molar-refractivity contribution in [2.24, 2.45) is 17.2 Å². The van der Waals surface area contributed by atoms with Crippen LogP contribution in [0.4, 0.5) is 0 Å². The summed E-state index contributed by atoms with van der Waals surface area (Å²) in [5.41, 5.74) is 19.5. The molecule has 0 spiro atoms. The fourth-order valence-electron chi connectivity index (χ4n) is 10.1. The van der Waals surface area contributed by atoms with Crippen LogP contribution in [0.2, 0.25) is 0 Å². The molecule has 0 aliphatic carbocycles. The molecule has 4 rings (SSSR count). The number of para-hydroxylation sites is 2. The maximum atomic E-state index is 14.2. The van der Waals surface area contributed by atoms with Crippen LogP contribution < -0.4 is 91.6 Å². The molecule has 102 heavy (non-hydrogen) atoms. The van der Waals surface area contributed by atoms with E-state index in [4.69, 9.17) is 17.2 Å². The maximum Gasteiger partial charge on any atom is 0.326 e. The molecule has 0 fully saturated rings. The molecule has 2 heterocycles. The smallest absolute Gasteiger partial charge is 0.326 e. The average Bonchev–Trinajstić information content (AvgIpc) is 1.67. The summed E-state index contributed by atoms with van der Waals surface area (Å²) < 4.78 is 0. The zero-order chi connectivity index (χ0) is 76.2. The second kappa shape index (κ2) is 40.6. The van der Waals surface area contributed by atoms with E-state index in [-0.39, 0.29) is 19.3 Å². The summed E-state index contributed by atoms with van der Waals surface area (Å²) in [6.07, 6.45) is 5.77. The number of benzene rings is 2. The Morgan fingerprint density at radius 1 is 0.324 bits per heavy atom. The van der Waals surface area contributed by atoms with Crippen molar-refractivity contribution < 1.29 is 77.0 Å². The standard InChI is InChI=1S/C67H101N19O16/c1-32(75-58(92)37(6)81-64(98)47(70)22-16-18-26-68)53(87)74-35(4)56(90)79-41(10)62(96)85-52(29-44-31-72-49-24-15-13-21-46(44)49)66(100)83-39(8)60(94)77-36(5)57(91)80-42(11)63(97)86-51(28-43-30-71-48-23-14-12-20-45(43)48)65(99)82-38(7)59(93)76-33(2)54(88)73-34(3)55(89)78-40(9)61(95)84-50(67(101)102)25-17-19-27-69/h12-15,20-21,23-24,30-42,47,50-52,71-72H,16-19,22,25-29,68-70H2,1-11H3,(H,73,88)(H,74,87)(H,75,92)(H,76,93)(H,77,94)(H,78,89)(H,79,90)(H,80,91)(H,81,98)(H,82,99)(H,83,100)(H,84,95)(H,85,96)(H,86,97)(H,101,102)/t32-,33-,34-,35-,36-,37-,38-,39-,40-,41-,42-,47-,50-,51-,52-/m0/s1. The van der Waals surface area contributed by atoms with E-state index in [9.17, 15) is 77.0 Å². The normalized spacial score (nSPS) is 15.6. The number of amides is 14. The molecule has 15 atom stereocenters. The van der Waals surface area contributed by atoms with Crippen LogP contribution in [0.1, 0.15) is 126 Å². The van der Waals surface area contributed by atoms with Crippen LogP contribution in [0.15, 0.2) is 60.9 Å². The van der Waals surface area contributed by atoms with Crippen molar-refractivity contribution >= 4 is 110 Å². The number of hydrogen-bond donors (Lipinski definition) is 20. The van der Waals surface area contributed by atoms with Crippen molar-refractivity contribution in [1.82, 2.24) is 84.4 Å². The number of rotatable bonds is 41. The summed E-state index contributed by atoms with van der Waals surface area (Å²) in [4.78, 5) is 205. The van der Waals surface area contributed by atoms with Crippen LogP contribution in [-0.4, -0.2) is 207 Å². The number of nitrogens with one attached hydrogen (secondary N) is 16. The first-order valence-corrected chi connectivity index (χ1v) is 33.8. The van der Waals surface area contributed by atoms with Crippen molar-refractivity contribution in [3.8, 4) is 0 Å². The lowest BCUT2D eigenvalue weighted by atomic mass is 10.0. The Bertz CT molecular complexity index is 3640. The fraction of sp³-hybridized carbons (Fsp3) is 0.537. The van der Waals surface area contributed by atoms with Crippen molar-refractivity contribution in [3.05, 3.63) is 72.1 Å². The van der Waals surface area contributed by atoms with Gasteiger partial charge in [-0.25, -0.2) is 4.79 Å². The van der Waals surface area contributed by atoms with Crippen LogP contribution in [0, 0.1) is 0 Å². The molecular formula is C67H101N19O16. The van der Waals surface area contributed by atoms with E-state index in [0.717, 1.165) is 0 Å². The molecule has 0 saturated carbocycles. The number of aromatic amines is 2. The Morgan fingerprint density at radius 3 is 0.833 bits per heavy atom. The number of carbonyl (C=O) groups excluding carboxylic acids is 14. The molecule has 0 bridgehead atoms. The van der Waals surface area contributed by atoms with Gasteiger partial charge in [0, 0.05) is 47.0 Å². The largest absolute Gasteiger partial charge is 0.480 e. The van der Waals surface area contributed by atoms with Crippen molar-refractivity contribution in [2.45, 2.75) is 218 Å². The van der Waals surface area contributed by atoms with Gasteiger partial charge in [0.1, 0.15) is 84.6 Å². The van der Waals surface area contributed by atoms with Gasteiger partial charge in [-0.05, 0) is 145 Å². The van der Waals surface area contributed by atoms with E-state index in [1.54, 1.807) is 60.9 Å². The van der Waals surface area contributed by atoms with Gasteiger partial charge in [0.2, 0.25) is 82.7 Å². The average molecular weight is 1430 g/mol. The highest BCUT2D eigenvalue weighted by molar-refractivity contribution is 6.00. The van der Waals surface area contributed by atoms with Gasteiger partial charge in [0.05, 0.1) is 6.04 Å². The van der Waals surface area contributed by atoms with Gasteiger partial charge in [-0.2, -0.15) is 0 Å². The predicted molar refractivity (Wildman–Crippen MR) is 375 cm³/mol. The second-order valence-electron chi connectivity index (χ2n) is 25.4. The summed E-state index contributed by atoms with van der Waals surface area (Å²) in [5, 5.41) is 45.9. The number of carboxylic acid groups (broad SMARTS) is 1. The van der Waals surface area contributed by atoms with Crippen LogP contribution >= 0.6 is 0 Å². The number of unbranched alkanes of at least 4 members (excludes halogenated alkanes) is 2. The van der Waals surface area contributed by atoms with E-state index >= 15 is 0 Å². The van der Waals surface area contributed by atoms with Crippen molar-refractivity contribution in [2.75, 3.05) is 13.1 Å². The van der Waals surface area contributed by atoms with E-state index in [1.165, 1.54) is 76.2 Å². The third kappa shape index (κ3) is 26.2. The minimum Gasteiger partial charge on any atom is -0.480 e. The summed E-state index contributed by atoms with van der Waals surface area (Å²) in [7, 11) is 0. The van der Waals surface area contributed by atoms with Gasteiger partial charge >= 0.3 is 5.97 Å². The number of aliphatic carboxylic acids is 1. The molecule has 0 unspecified atom stereocenters. The van der Waals surface area contributed by atoms with E-state index in [2.05, 4.69) is 84.4 Å². The molecule has 2 aromatic carbocycles. The van der Waals surface area contributed by atoms with Crippen LogP contribution in [-0.2, 0) is 84.8 Å². The highest BCUT2D eigenvalue weighted by atomic mass is 16.4. The highest BCUT2D eigenvalue weighted by Crippen LogP contribution is 2.21. The molecule has 0 radical (unpaired) electrons. The van der Waals surface area contributed by atoms with Gasteiger partial charge < -0.3 is 107 Å². The molecule has 0 saturated heterocycles. The number of H-pyrrole nitrogens is 2.